The van der Waals surface area contributed by atoms with Crippen LogP contribution in [0.15, 0.2) is 222 Å². The molecule has 12 rings (SSSR count). The molecule has 4 nitrogen and oxygen atoms in total. The number of hydrogen-bond donors (Lipinski definition) is 1. The average molecular weight is 800 g/mol. The third-order valence-corrected chi connectivity index (χ3v) is 13.1. The van der Waals surface area contributed by atoms with E-state index < -0.39 is 0 Å². The van der Waals surface area contributed by atoms with E-state index in [0.29, 0.717) is 0 Å². The van der Waals surface area contributed by atoms with Gasteiger partial charge in [0.2, 0.25) is 0 Å². The van der Waals surface area contributed by atoms with Crippen LogP contribution in [0.1, 0.15) is 22.7 Å². The molecule has 11 aromatic rings. The molecule has 3 heterocycles. The number of hydrogen-bond acceptors (Lipinski definition) is 5. The highest BCUT2D eigenvalue weighted by atomic mass is 32.1. The summed E-state index contributed by atoms with van der Waals surface area (Å²) in [5, 5.41) is 10.8. The number of nitrogens with zero attached hydrogens (tertiary/aromatic N) is 2. The van der Waals surface area contributed by atoms with Crippen LogP contribution in [-0.4, -0.2) is 5.84 Å². The summed E-state index contributed by atoms with van der Waals surface area (Å²) in [5.41, 5.74) is 11.4. The molecule has 1 aliphatic rings. The highest BCUT2D eigenvalue weighted by molar-refractivity contribution is 7.26. The van der Waals surface area contributed by atoms with Crippen molar-refractivity contribution in [3.05, 3.63) is 229 Å². The second kappa shape index (κ2) is 14.5. The summed E-state index contributed by atoms with van der Waals surface area (Å²) in [6.07, 6.45) is 2.22. The summed E-state index contributed by atoms with van der Waals surface area (Å²) in [7, 11) is 0. The Hall–Kier alpha value is -7.73. The standard InChI is InChI=1S/C56H37N3OS/c1-4-16-37(17-5-1)47-34-48(38-18-6-2-7-19-38)58-56(57-47)46-27-15-28-50-54(46)53-44-24-11-10-22-42(44)49(35-51(53)60-50)59(39-20-8-3-9-21-39)40-32-30-36(31-33-40)41-25-14-26-45-43-23-12-13-29-52(43)61-55(41)45/h1-35,47H,(H,57,58). The number of amidine groups is 1. The van der Waals surface area contributed by atoms with Crippen LogP contribution in [0.4, 0.5) is 17.1 Å². The molecule has 0 aliphatic carbocycles. The first-order valence-electron chi connectivity index (χ1n) is 20.7. The van der Waals surface area contributed by atoms with Gasteiger partial charge in [0, 0.05) is 59.3 Å². The topological polar surface area (TPSA) is 40.8 Å². The van der Waals surface area contributed by atoms with Crippen molar-refractivity contribution in [1.29, 1.82) is 0 Å². The molecular formula is C56H37N3OS. The van der Waals surface area contributed by atoms with E-state index in [-0.39, 0.29) is 6.04 Å². The van der Waals surface area contributed by atoms with Crippen molar-refractivity contribution in [2.75, 3.05) is 4.90 Å². The Balaban J connectivity index is 1.02. The number of para-hydroxylation sites is 1. The van der Waals surface area contributed by atoms with Gasteiger partial charge in [-0.3, -0.25) is 0 Å². The number of nitrogens with one attached hydrogen (secondary N) is 1. The molecule has 5 heteroatoms. The van der Waals surface area contributed by atoms with Crippen molar-refractivity contribution in [3.63, 3.8) is 0 Å². The largest absolute Gasteiger partial charge is 0.456 e. The van der Waals surface area contributed by atoms with E-state index in [1.54, 1.807) is 0 Å². The lowest BCUT2D eigenvalue weighted by molar-refractivity contribution is 0.669. The van der Waals surface area contributed by atoms with Gasteiger partial charge in [0.15, 0.2) is 0 Å². The van der Waals surface area contributed by atoms with Crippen molar-refractivity contribution in [3.8, 4) is 11.1 Å². The molecule has 1 aliphatic heterocycles. The lowest BCUT2D eigenvalue weighted by Gasteiger charge is -2.27. The minimum atomic E-state index is -0.0654. The predicted molar refractivity (Wildman–Crippen MR) is 258 cm³/mol. The van der Waals surface area contributed by atoms with Gasteiger partial charge in [-0.15, -0.1) is 11.3 Å². The molecule has 0 radical (unpaired) electrons. The number of thiophene rings is 1. The lowest BCUT2D eigenvalue weighted by atomic mass is 9.96. The van der Waals surface area contributed by atoms with Gasteiger partial charge in [0.05, 0.1) is 17.4 Å². The van der Waals surface area contributed by atoms with Gasteiger partial charge in [-0.05, 0) is 70.1 Å². The Morgan fingerprint density at radius 3 is 1.93 bits per heavy atom. The number of aliphatic imine (C=N–C) groups is 1. The first-order valence-corrected chi connectivity index (χ1v) is 21.5. The number of anilines is 3. The Labute approximate surface area is 357 Å². The van der Waals surface area contributed by atoms with Crippen LogP contribution in [0.2, 0.25) is 0 Å². The van der Waals surface area contributed by atoms with Gasteiger partial charge >= 0.3 is 0 Å². The van der Waals surface area contributed by atoms with Crippen LogP contribution < -0.4 is 10.2 Å². The highest BCUT2D eigenvalue weighted by Gasteiger charge is 2.25. The molecule has 1 N–H and O–H groups in total. The van der Waals surface area contributed by atoms with Gasteiger partial charge in [0.1, 0.15) is 17.0 Å². The third-order valence-electron chi connectivity index (χ3n) is 11.9. The lowest BCUT2D eigenvalue weighted by Crippen LogP contribution is -2.31. The monoisotopic (exact) mass is 799 g/mol. The average Bonchev–Trinajstić information content (AvgIpc) is 3.92. The van der Waals surface area contributed by atoms with Crippen molar-refractivity contribution < 1.29 is 4.42 Å². The van der Waals surface area contributed by atoms with Crippen molar-refractivity contribution in [2.45, 2.75) is 6.04 Å². The Morgan fingerprint density at radius 2 is 1.13 bits per heavy atom. The Bertz CT molecular complexity index is 3500. The SMILES string of the molecule is C1=C(c2ccccc2)N=C(c2cccc3oc4cc(N(c5ccccc5)c5ccc(-c6cccc7c6sc6ccccc67)cc5)c5ccccc5c4c23)NC1c1ccccc1. The molecule has 61 heavy (non-hydrogen) atoms. The molecule has 1 unspecified atom stereocenters. The first kappa shape index (κ1) is 35.2. The second-order valence-electron chi connectivity index (χ2n) is 15.5. The van der Waals surface area contributed by atoms with Gasteiger partial charge in [0.25, 0.3) is 0 Å². The number of benzene rings is 9. The molecule has 1 atom stereocenters. The van der Waals surface area contributed by atoms with Crippen LogP contribution in [0.5, 0.6) is 0 Å². The number of rotatable bonds is 7. The third kappa shape index (κ3) is 6.01. The summed E-state index contributed by atoms with van der Waals surface area (Å²) in [4.78, 5) is 7.67. The molecule has 0 saturated heterocycles. The van der Waals surface area contributed by atoms with E-state index in [1.807, 2.05) is 17.4 Å². The zero-order chi connectivity index (χ0) is 40.3. The van der Waals surface area contributed by atoms with E-state index in [2.05, 4.69) is 216 Å². The van der Waals surface area contributed by atoms with Crippen LogP contribution >= 0.6 is 11.3 Å². The molecule has 0 fully saturated rings. The molecular weight excluding hydrogens is 763 g/mol. The fraction of sp³-hybridized carbons (Fsp3) is 0.0179. The molecule has 288 valence electrons. The minimum Gasteiger partial charge on any atom is -0.456 e. The molecule has 0 saturated carbocycles. The Kier molecular flexibility index (Phi) is 8.39. The fourth-order valence-corrected chi connectivity index (χ4v) is 10.3. The summed E-state index contributed by atoms with van der Waals surface area (Å²) in [5.74, 6) is 0.814. The summed E-state index contributed by atoms with van der Waals surface area (Å²) in [6, 6.07) is 73.2. The van der Waals surface area contributed by atoms with Gasteiger partial charge in [-0.25, -0.2) is 4.99 Å². The Morgan fingerprint density at radius 1 is 0.492 bits per heavy atom. The zero-order valence-corrected chi connectivity index (χ0v) is 33.8. The number of furan rings is 1. The van der Waals surface area contributed by atoms with Crippen LogP contribution in [0, 0.1) is 0 Å². The second-order valence-corrected chi connectivity index (χ2v) is 16.6. The van der Waals surface area contributed by atoms with E-state index >= 15 is 0 Å². The normalized spacial score (nSPS) is 14.1. The summed E-state index contributed by atoms with van der Waals surface area (Å²) >= 11 is 1.86. The quantitative estimate of drug-likeness (QED) is 0.175. The zero-order valence-electron chi connectivity index (χ0n) is 33.0. The highest BCUT2D eigenvalue weighted by Crippen LogP contribution is 2.46. The van der Waals surface area contributed by atoms with Crippen LogP contribution in [0.25, 0.3) is 69.7 Å². The molecule has 0 bridgehead atoms. The molecule has 0 amide bonds. The van der Waals surface area contributed by atoms with Crippen LogP contribution in [0.3, 0.4) is 0 Å². The predicted octanol–water partition coefficient (Wildman–Crippen LogP) is 15.4. The maximum absolute atomic E-state index is 6.90. The first-order chi connectivity index (χ1) is 30.2. The van der Waals surface area contributed by atoms with E-state index in [9.17, 15) is 0 Å². The number of fused-ring (bicyclic) bond motifs is 8. The maximum Gasteiger partial charge on any atom is 0.138 e. The summed E-state index contributed by atoms with van der Waals surface area (Å²) in [6.45, 7) is 0. The fourth-order valence-electron chi connectivity index (χ4n) is 9.10. The summed E-state index contributed by atoms with van der Waals surface area (Å²) < 4.78 is 9.52. The van der Waals surface area contributed by atoms with Gasteiger partial charge < -0.3 is 14.6 Å². The maximum atomic E-state index is 6.90. The van der Waals surface area contributed by atoms with Gasteiger partial charge in [-0.2, -0.15) is 0 Å². The molecule has 2 aromatic heterocycles. The molecule has 0 spiro atoms. The van der Waals surface area contributed by atoms with E-state index in [1.165, 1.54) is 36.9 Å². The van der Waals surface area contributed by atoms with Crippen molar-refractivity contribution >= 4 is 92.8 Å². The minimum absolute atomic E-state index is 0.0654. The van der Waals surface area contributed by atoms with Gasteiger partial charge in [-0.1, -0.05) is 164 Å². The van der Waals surface area contributed by atoms with Crippen molar-refractivity contribution in [2.24, 2.45) is 4.99 Å². The van der Waals surface area contributed by atoms with E-state index in [0.717, 1.165) is 72.4 Å². The van der Waals surface area contributed by atoms with Crippen molar-refractivity contribution in [1.82, 2.24) is 5.32 Å². The molecule has 9 aromatic carbocycles. The van der Waals surface area contributed by atoms with E-state index in [4.69, 9.17) is 9.41 Å². The van der Waals surface area contributed by atoms with Crippen LogP contribution in [-0.2, 0) is 0 Å². The smallest absolute Gasteiger partial charge is 0.138 e.